The molecule has 1 N–H and O–H groups in total. The van der Waals surface area contributed by atoms with E-state index in [2.05, 4.69) is 46.6 Å². The molecule has 0 radical (unpaired) electrons. The van der Waals surface area contributed by atoms with Crippen molar-refractivity contribution in [2.75, 3.05) is 11.1 Å². The van der Waals surface area contributed by atoms with E-state index in [1.165, 1.54) is 17.3 Å². The third-order valence-electron chi connectivity index (χ3n) is 3.96. The fourth-order valence-corrected chi connectivity index (χ4v) is 3.29. The van der Waals surface area contributed by atoms with Crippen molar-refractivity contribution in [3.63, 3.8) is 0 Å². The molecule has 0 atom stereocenters. The molecule has 0 saturated heterocycles. The lowest BCUT2D eigenvalue weighted by atomic mass is 10.0. The van der Waals surface area contributed by atoms with Gasteiger partial charge in [-0.1, -0.05) is 37.7 Å². The Hall–Kier alpha value is -2.61. The predicted molar refractivity (Wildman–Crippen MR) is 103 cm³/mol. The van der Waals surface area contributed by atoms with E-state index < -0.39 is 0 Å². The highest BCUT2D eigenvalue weighted by atomic mass is 32.2. The van der Waals surface area contributed by atoms with E-state index in [9.17, 15) is 4.79 Å². The predicted octanol–water partition coefficient (Wildman–Crippen LogP) is 3.16. The van der Waals surface area contributed by atoms with Gasteiger partial charge in [0.05, 0.1) is 11.4 Å². The summed E-state index contributed by atoms with van der Waals surface area (Å²) >= 11 is 1.35. The largest absolute Gasteiger partial charge is 0.310 e. The van der Waals surface area contributed by atoms with Gasteiger partial charge in [-0.05, 0) is 30.5 Å². The van der Waals surface area contributed by atoms with Crippen molar-refractivity contribution in [3.05, 3.63) is 47.9 Å². The van der Waals surface area contributed by atoms with Gasteiger partial charge >= 0.3 is 0 Å². The van der Waals surface area contributed by atoms with Crippen LogP contribution in [0, 0.1) is 6.92 Å². The standard InChI is InChI=1S/C18H22N6OS/c1-12(2)14-5-7-15(8-6-14)24-11-19-21-18(24)26-10-17(25)20-16-9-13(3)22-23(16)4/h5-9,11-12H,10H2,1-4H3,(H,20,25). The van der Waals surface area contributed by atoms with Gasteiger partial charge in [-0.15, -0.1) is 10.2 Å². The van der Waals surface area contributed by atoms with Crippen LogP contribution in [0.4, 0.5) is 5.82 Å². The van der Waals surface area contributed by atoms with Crippen LogP contribution in [0.25, 0.3) is 5.69 Å². The molecule has 2 heterocycles. The minimum atomic E-state index is -0.109. The molecule has 0 fully saturated rings. The number of hydrogen-bond acceptors (Lipinski definition) is 5. The summed E-state index contributed by atoms with van der Waals surface area (Å²) in [5.41, 5.74) is 3.12. The van der Waals surface area contributed by atoms with Crippen molar-refractivity contribution >= 4 is 23.5 Å². The highest BCUT2D eigenvalue weighted by Gasteiger charge is 2.12. The fraction of sp³-hybridized carbons (Fsp3) is 0.333. The molecule has 1 amide bonds. The van der Waals surface area contributed by atoms with Crippen molar-refractivity contribution in [2.24, 2.45) is 7.05 Å². The second-order valence-electron chi connectivity index (χ2n) is 6.36. The van der Waals surface area contributed by atoms with E-state index >= 15 is 0 Å². The number of amides is 1. The number of hydrogen-bond donors (Lipinski definition) is 1. The lowest BCUT2D eigenvalue weighted by molar-refractivity contribution is -0.113. The van der Waals surface area contributed by atoms with E-state index in [4.69, 9.17) is 0 Å². The Morgan fingerprint density at radius 2 is 2.00 bits per heavy atom. The number of rotatable bonds is 6. The fourth-order valence-electron chi connectivity index (χ4n) is 2.56. The molecule has 3 rings (SSSR count). The van der Waals surface area contributed by atoms with Crippen LogP contribution in [0.3, 0.4) is 0 Å². The summed E-state index contributed by atoms with van der Waals surface area (Å²) in [6, 6.07) is 10.1. The number of aryl methyl sites for hydroxylation is 2. The van der Waals surface area contributed by atoms with Crippen molar-refractivity contribution in [2.45, 2.75) is 31.8 Å². The molecule has 2 aromatic heterocycles. The SMILES string of the molecule is Cc1cc(NC(=O)CSc2nncn2-c2ccc(C(C)C)cc2)n(C)n1. The zero-order valence-corrected chi connectivity index (χ0v) is 16.1. The smallest absolute Gasteiger partial charge is 0.235 e. The maximum absolute atomic E-state index is 12.2. The molecule has 0 bridgehead atoms. The Morgan fingerprint density at radius 3 is 2.62 bits per heavy atom. The van der Waals surface area contributed by atoms with Crippen molar-refractivity contribution in [1.29, 1.82) is 0 Å². The van der Waals surface area contributed by atoms with Gasteiger partial charge < -0.3 is 5.32 Å². The van der Waals surface area contributed by atoms with Gasteiger partial charge in [0.2, 0.25) is 5.91 Å². The van der Waals surface area contributed by atoms with Crippen molar-refractivity contribution in [1.82, 2.24) is 24.5 Å². The van der Waals surface area contributed by atoms with Gasteiger partial charge in [-0.3, -0.25) is 14.0 Å². The molecule has 0 aliphatic carbocycles. The van der Waals surface area contributed by atoms with Crippen LogP contribution in [0.1, 0.15) is 31.0 Å². The lowest BCUT2D eigenvalue weighted by Crippen LogP contribution is -2.16. The van der Waals surface area contributed by atoms with Crippen LogP contribution in [0.2, 0.25) is 0 Å². The van der Waals surface area contributed by atoms with Gasteiger partial charge in [0, 0.05) is 18.8 Å². The molecule has 1 aromatic carbocycles. The molecule has 0 aliphatic heterocycles. The molecule has 8 heteroatoms. The van der Waals surface area contributed by atoms with Gasteiger partial charge in [0.1, 0.15) is 12.1 Å². The molecular formula is C18H22N6OS. The number of carbonyl (C=O) groups is 1. The highest BCUT2D eigenvalue weighted by Crippen LogP contribution is 2.22. The molecule has 26 heavy (non-hydrogen) atoms. The second-order valence-corrected chi connectivity index (χ2v) is 7.30. The summed E-state index contributed by atoms with van der Waals surface area (Å²) in [5, 5.41) is 15.9. The number of thioether (sulfide) groups is 1. The van der Waals surface area contributed by atoms with Crippen LogP contribution in [0.5, 0.6) is 0 Å². The van der Waals surface area contributed by atoms with Gasteiger partial charge in [-0.25, -0.2) is 0 Å². The first kappa shape index (κ1) is 18.2. The van der Waals surface area contributed by atoms with Crippen LogP contribution < -0.4 is 5.32 Å². The summed E-state index contributed by atoms with van der Waals surface area (Å²) < 4.78 is 3.53. The average Bonchev–Trinajstić information content (AvgIpc) is 3.19. The first-order chi connectivity index (χ1) is 12.4. The Morgan fingerprint density at radius 1 is 1.27 bits per heavy atom. The van der Waals surface area contributed by atoms with Crippen LogP contribution in [-0.4, -0.2) is 36.2 Å². The van der Waals surface area contributed by atoms with E-state index in [0.29, 0.717) is 16.9 Å². The summed E-state index contributed by atoms with van der Waals surface area (Å²) in [6.45, 7) is 6.21. The summed E-state index contributed by atoms with van der Waals surface area (Å²) in [7, 11) is 1.80. The average molecular weight is 370 g/mol. The number of benzene rings is 1. The molecule has 0 spiro atoms. The summed E-state index contributed by atoms with van der Waals surface area (Å²) in [5.74, 6) is 1.30. The van der Waals surface area contributed by atoms with Crippen LogP contribution in [0.15, 0.2) is 41.8 Å². The Balaban J connectivity index is 1.65. The molecule has 0 saturated carbocycles. The number of nitrogens with one attached hydrogen (secondary N) is 1. The van der Waals surface area contributed by atoms with Crippen molar-refractivity contribution in [3.8, 4) is 5.69 Å². The van der Waals surface area contributed by atoms with Crippen molar-refractivity contribution < 1.29 is 4.79 Å². The normalized spacial score (nSPS) is 11.1. The highest BCUT2D eigenvalue weighted by molar-refractivity contribution is 7.99. The Bertz CT molecular complexity index is 897. The van der Waals surface area contributed by atoms with Gasteiger partial charge in [0.25, 0.3) is 0 Å². The molecule has 0 unspecified atom stereocenters. The maximum Gasteiger partial charge on any atom is 0.235 e. The number of aromatic nitrogens is 5. The topological polar surface area (TPSA) is 77.6 Å². The Kier molecular flexibility index (Phi) is 5.41. The first-order valence-electron chi connectivity index (χ1n) is 8.37. The lowest BCUT2D eigenvalue weighted by Gasteiger charge is -2.09. The molecule has 7 nitrogen and oxygen atoms in total. The minimum absolute atomic E-state index is 0.109. The van der Waals surface area contributed by atoms with Gasteiger partial charge in [-0.2, -0.15) is 5.10 Å². The number of nitrogens with zero attached hydrogens (tertiary/aromatic N) is 5. The monoisotopic (exact) mass is 370 g/mol. The van der Waals surface area contributed by atoms with E-state index in [0.717, 1.165) is 11.4 Å². The molecule has 3 aromatic rings. The third-order valence-corrected chi connectivity index (χ3v) is 4.90. The van der Waals surface area contributed by atoms with E-state index in [1.807, 2.05) is 29.7 Å². The zero-order valence-electron chi connectivity index (χ0n) is 15.3. The van der Waals surface area contributed by atoms with Crippen LogP contribution >= 0.6 is 11.8 Å². The number of anilines is 1. The van der Waals surface area contributed by atoms with E-state index in [1.54, 1.807) is 18.1 Å². The summed E-state index contributed by atoms with van der Waals surface area (Å²) in [6.07, 6.45) is 1.66. The summed E-state index contributed by atoms with van der Waals surface area (Å²) in [4.78, 5) is 12.2. The second kappa shape index (κ2) is 7.74. The third kappa shape index (κ3) is 4.13. The zero-order chi connectivity index (χ0) is 18.7. The Labute approximate surface area is 156 Å². The first-order valence-corrected chi connectivity index (χ1v) is 9.36. The number of carbonyl (C=O) groups excluding carboxylic acids is 1. The quantitative estimate of drug-likeness (QED) is 0.675. The van der Waals surface area contributed by atoms with E-state index in [-0.39, 0.29) is 11.7 Å². The van der Waals surface area contributed by atoms with Crippen LogP contribution in [-0.2, 0) is 11.8 Å². The maximum atomic E-state index is 12.2. The molecule has 0 aliphatic rings. The minimum Gasteiger partial charge on any atom is -0.310 e. The van der Waals surface area contributed by atoms with Gasteiger partial charge in [0.15, 0.2) is 5.16 Å². The molecular weight excluding hydrogens is 348 g/mol. The molecule has 136 valence electrons.